The third kappa shape index (κ3) is 4.85. The van der Waals surface area contributed by atoms with Crippen LogP contribution in [0.5, 0.6) is 0 Å². The van der Waals surface area contributed by atoms with Crippen molar-refractivity contribution in [3.63, 3.8) is 0 Å². The van der Waals surface area contributed by atoms with Gasteiger partial charge in [-0.15, -0.1) is 0 Å². The van der Waals surface area contributed by atoms with E-state index in [2.05, 4.69) is 10.2 Å². The molecule has 0 saturated carbocycles. The van der Waals surface area contributed by atoms with E-state index in [1.54, 1.807) is 0 Å². The highest BCUT2D eigenvalue weighted by Crippen LogP contribution is 2.27. The van der Waals surface area contributed by atoms with Gasteiger partial charge in [0.05, 0.1) is 25.7 Å². The van der Waals surface area contributed by atoms with Crippen molar-refractivity contribution in [2.45, 2.75) is 19.4 Å². The molecule has 1 atom stereocenters. The Morgan fingerprint density at radius 3 is 2.58 bits per heavy atom. The largest absolute Gasteiger partial charge is 0.379 e. The highest BCUT2D eigenvalue weighted by molar-refractivity contribution is 6.31. The molecule has 0 aromatic heterocycles. The van der Waals surface area contributed by atoms with E-state index in [4.69, 9.17) is 16.3 Å². The summed E-state index contributed by atoms with van der Waals surface area (Å²) in [5, 5.41) is 3.83. The number of nitrogens with zero attached hydrogens (tertiary/aromatic N) is 1. The van der Waals surface area contributed by atoms with Gasteiger partial charge in [-0.2, -0.15) is 0 Å². The Balaban J connectivity index is 1.68. The average Bonchev–Trinajstić information content (AvgIpc) is 2.66. The first-order valence-corrected chi connectivity index (χ1v) is 9.40. The molecule has 1 unspecified atom stereocenters. The van der Waals surface area contributed by atoms with Crippen molar-refractivity contribution in [2.24, 2.45) is 0 Å². The van der Waals surface area contributed by atoms with Crippen molar-refractivity contribution >= 4 is 17.5 Å². The second kappa shape index (κ2) is 9.17. The summed E-state index contributed by atoms with van der Waals surface area (Å²) in [6.07, 6.45) is 0.394. The third-order valence-corrected chi connectivity index (χ3v) is 5.20. The minimum atomic E-state index is 0.0320. The maximum Gasteiger partial charge on any atom is 0.224 e. The van der Waals surface area contributed by atoms with Gasteiger partial charge in [0, 0.05) is 24.7 Å². The number of aryl methyl sites for hydroxylation is 1. The predicted molar refractivity (Wildman–Crippen MR) is 104 cm³/mol. The lowest BCUT2D eigenvalue weighted by Crippen LogP contribution is -2.44. The minimum Gasteiger partial charge on any atom is -0.379 e. The van der Waals surface area contributed by atoms with Crippen molar-refractivity contribution in [1.82, 2.24) is 10.2 Å². The van der Waals surface area contributed by atoms with Crippen molar-refractivity contribution < 1.29 is 9.53 Å². The number of halogens is 1. The quantitative estimate of drug-likeness (QED) is 0.845. The van der Waals surface area contributed by atoms with Crippen LogP contribution in [0.1, 0.15) is 22.7 Å². The Hall–Kier alpha value is -1.88. The average molecular weight is 373 g/mol. The van der Waals surface area contributed by atoms with Crippen LogP contribution in [0.4, 0.5) is 0 Å². The van der Waals surface area contributed by atoms with Crippen LogP contribution < -0.4 is 5.32 Å². The number of benzene rings is 2. The zero-order chi connectivity index (χ0) is 18.4. The van der Waals surface area contributed by atoms with Gasteiger partial charge in [-0.05, 0) is 29.7 Å². The smallest absolute Gasteiger partial charge is 0.224 e. The molecule has 138 valence electrons. The zero-order valence-corrected chi connectivity index (χ0v) is 15.8. The Morgan fingerprint density at radius 1 is 1.15 bits per heavy atom. The highest BCUT2D eigenvalue weighted by atomic mass is 35.5. The molecule has 26 heavy (non-hydrogen) atoms. The summed E-state index contributed by atoms with van der Waals surface area (Å²) in [5.41, 5.74) is 3.25. The van der Waals surface area contributed by atoms with Gasteiger partial charge in [0.2, 0.25) is 5.91 Å². The number of morpholine rings is 1. The van der Waals surface area contributed by atoms with E-state index in [1.807, 2.05) is 55.5 Å². The molecule has 1 fully saturated rings. The molecule has 0 radical (unpaired) electrons. The van der Waals surface area contributed by atoms with Crippen molar-refractivity contribution in [2.75, 3.05) is 32.8 Å². The van der Waals surface area contributed by atoms with Gasteiger partial charge in [-0.25, -0.2) is 0 Å². The van der Waals surface area contributed by atoms with Crippen LogP contribution in [0.25, 0.3) is 0 Å². The monoisotopic (exact) mass is 372 g/mol. The first-order chi connectivity index (χ1) is 12.6. The molecule has 0 aliphatic carbocycles. The highest BCUT2D eigenvalue weighted by Gasteiger charge is 2.24. The number of carbonyl (C=O) groups is 1. The van der Waals surface area contributed by atoms with Crippen LogP contribution in [-0.4, -0.2) is 43.7 Å². The summed E-state index contributed by atoms with van der Waals surface area (Å²) < 4.78 is 5.47. The maximum atomic E-state index is 12.5. The number of ether oxygens (including phenoxy) is 1. The fourth-order valence-corrected chi connectivity index (χ4v) is 3.59. The summed E-state index contributed by atoms with van der Waals surface area (Å²) in [6, 6.07) is 15.9. The molecular weight excluding hydrogens is 348 g/mol. The lowest BCUT2D eigenvalue weighted by Gasteiger charge is -2.35. The number of nitrogens with one attached hydrogen (secondary N) is 1. The Labute approximate surface area is 160 Å². The third-order valence-electron chi connectivity index (χ3n) is 4.86. The van der Waals surface area contributed by atoms with Gasteiger partial charge in [0.15, 0.2) is 0 Å². The molecule has 5 heteroatoms. The first kappa shape index (κ1) is 18.9. The van der Waals surface area contributed by atoms with Crippen LogP contribution >= 0.6 is 11.6 Å². The summed E-state index contributed by atoms with van der Waals surface area (Å²) in [4.78, 5) is 14.8. The fraction of sp³-hybridized carbons (Fsp3) is 0.381. The van der Waals surface area contributed by atoms with E-state index in [0.717, 1.165) is 34.8 Å². The minimum absolute atomic E-state index is 0.0320. The molecule has 0 bridgehead atoms. The number of carbonyl (C=O) groups excluding carboxylic acids is 1. The summed E-state index contributed by atoms with van der Waals surface area (Å²) in [7, 11) is 0. The Morgan fingerprint density at radius 2 is 1.85 bits per heavy atom. The lowest BCUT2D eigenvalue weighted by molar-refractivity contribution is -0.120. The van der Waals surface area contributed by atoms with Gasteiger partial charge in [-0.1, -0.05) is 54.1 Å². The van der Waals surface area contributed by atoms with Gasteiger partial charge in [0.25, 0.3) is 0 Å². The molecule has 1 heterocycles. The second-order valence-electron chi connectivity index (χ2n) is 6.59. The van der Waals surface area contributed by atoms with Crippen LogP contribution in [-0.2, 0) is 16.0 Å². The van der Waals surface area contributed by atoms with Gasteiger partial charge >= 0.3 is 0 Å². The number of amides is 1. The van der Waals surface area contributed by atoms with Crippen molar-refractivity contribution in [3.05, 3.63) is 70.2 Å². The van der Waals surface area contributed by atoms with E-state index in [9.17, 15) is 4.79 Å². The fourth-order valence-electron chi connectivity index (χ4n) is 3.32. The number of rotatable bonds is 6. The summed E-state index contributed by atoms with van der Waals surface area (Å²) in [6.45, 7) is 5.65. The van der Waals surface area contributed by atoms with Crippen LogP contribution in [0.3, 0.4) is 0 Å². The Bertz CT molecular complexity index is 744. The van der Waals surface area contributed by atoms with E-state index in [0.29, 0.717) is 26.2 Å². The predicted octanol–water partition coefficient (Wildman–Crippen LogP) is 3.38. The molecule has 1 amide bonds. The number of hydrogen-bond acceptors (Lipinski definition) is 3. The second-order valence-corrected chi connectivity index (χ2v) is 7.00. The SMILES string of the molecule is Cc1ccccc1CC(=O)NCC(c1ccccc1Cl)N1CCOCC1. The molecule has 1 aliphatic heterocycles. The topological polar surface area (TPSA) is 41.6 Å². The molecule has 4 nitrogen and oxygen atoms in total. The standard InChI is InChI=1S/C21H25ClN2O2/c1-16-6-2-3-7-17(16)14-21(25)23-15-20(24-10-12-26-13-11-24)18-8-4-5-9-19(18)22/h2-9,20H,10-15H2,1H3,(H,23,25). The molecule has 1 N–H and O–H groups in total. The van der Waals surface area contributed by atoms with Crippen LogP contribution in [0.2, 0.25) is 5.02 Å². The van der Waals surface area contributed by atoms with E-state index in [1.165, 1.54) is 0 Å². The van der Waals surface area contributed by atoms with Gasteiger partial charge in [-0.3, -0.25) is 9.69 Å². The molecule has 0 spiro atoms. The Kier molecular flexibility index (Phi) is 6.67. The molecule has 2 aromatic carbocycles. The molecular formula is C21H25ClN2O2. The number of hydrogen-bond donors (Lipinski definition) is 1. The van der Waals surface area contributed by atoms with Crippen LogP contribution in [0.15, 0.2) is 48.5 Å². The van der Waals surface area contributed by atoms with Gasteiger partial charge < -0.3 is 10.1 Å². The summed E-state index contributed by atoms with van der Waals surface area (Å²) in [5.74, 6) is 0.0320. The lowest BCUT2D eigenvalue weighted by atomic mass is 10.0. The molecule has 1 aliphatic rings. The van der Waals surface area contributed by atoms with Crippen molar-refractivity contribution in [3.8, 4) is 0 Å². The van der Waals surface area contributed by atoms with E-state index >= 15 is 0 Å². The molecule has 1 saturated heterocycles. The van der Waals surface area contributed by atoms with E-state index in [-0.39, 0.29) is 11.9 Å². The first-order valence-electron chi connectivity index (χ1n) is 9.02. The normalized spacial score (nSPS) is 16.2. The van der Waals surface area contributed by atoms with Crippen molar-refractivity contribution in [1.29, 1.82) is 0 Å². The molecule has 2 aromatic rings. The van der Waals surface area contributed by atoms with Crippen LogP contribution in [0, 0.1) is 6.92 Å². The van der Waals surface area contributed by atoms with Gasteiger partial charge in [0.1, 0.15) is 0 Å². The summed E-state index contributed by atoms with van der Waals surface area (Å²) >= 11 is 6.43. The molecule has 3 rings (SSSR count). The maximum absolute atomic E-state index is 12.5. The van der Waals surface area contributed by atoms with E-state index < -0.39 is 0 Å². The zero-order valence-electron chi connectivity index (χ0n) is 15.1.